The van der Waals surface area contributed by atoms with Crippen LogP contribution in [-0.2, 0) is 9.84 Å². The van der Waals surface area contributed by atoms with Crippen molar-refractivity contribution in [2.24, 2.45) is 0 Å². The lowest BCUT2D eigenvalue weighted by molar-refractivity contribution is 0.200. The molecule has 6 nitrogen and oxygen atoms in total. The van der Waals surface area contributed by atoms with Gasteiger partial charge >= 0.3 is 6.03 Å². The van der Waals surface area contributed by atoms with Crippen molar-refractivity contribution in [2.45, 2.75) is 24.3 Å². The molecule has 1 unspecified atom stereocenters. The molecule has 0 bridgehead atoms. The Bertz CT molecular complexity index is 866. The summed E-state index contributed by atoms with van der Waals surface area (Å²) in [6, 6.07) is 9.73. The predicted molar refractivity (Wildman–Crippen MR) is 109 cm³/mol. The van der Waals surface area contributed by atoms with Crippen molar-refractivity contribution < 1.29 is 17.9 Å². The van der Waals surface area contributed by atoms with Gasteiger partial charge in [-0.2, -0.15) is 0 Å². The van der Waals surface area contributed by atoms with Crippen LogP contribution in [0.3, 0.4) is 0 Å². The first kappa shape index (κ1) is 21.5. The topological polar surface area (TPSA) is 75.7 Å². The number of nitrogens with zero attached hydrogens (tertiary/aromatic N) is 1. The highest BCUT2D eigenvalue weighted by Gasteiger charge is 2.14. The van der Waals surface area contributed by atoms with E-state index < -0.39 is 9.84 Å². The van der Waals surface area contributed by atoms with Crippen LogP contribution in [0.2, 0.25) is 4.34 Å². The van der Waals surface area contributed by atoms with Crippen LogP contribution in [0.4, 0.5) is 4.79 Å². The van der Waals surface area contributed by atoms with E-state index in [4.69, 9.17) is 16.3 Å². The largest absolute Gasteiger partial charge is 0.494 e. The van der Waals surface area contributed by atoms with Crippen LogP contribution in [0.5, 0.6) is 5.75 Å². The Morgan fingerprint density at radius 1 is 1.26 bits per heavy atom. The SMILES string of the molecule is CC(NC(=O)N(C)CCCOc1ccc(S(C)(=O)=O)cc1)c1ccc(Cl)s1. The van der Waals surface area contributed by atoms with Gasteiger partial charge in [-0.3, -0.25) is 0 Å². The Balaban J connectivity index is 1.72. The first-order chi connectivity index (χ1) is 12.7. The third-order valence-corrected chi connectivity index (χ3v) is 6.41. The Hall–Kier alpha value is -1.77. The summed E-state index contributed by atoms with van der Waals surface area (Å²) >= 11 is 7.37. The number of halogens is 1. The second-order valence-electron chi connectivity index (χ2n) is 6.18. The van der Waals surface area contributed by atoms with Crippen LogP contribution in [0.1, 0.15) is 24.3 Å². The number of sulfone groups is 1. The standard InChI is InChI=1S/C18H23ClN2O4S2/c1-13(16-9-10-17(19)26-16)20-18(22)21(2)11-4-12-25-14-5-7-15(8-6-14)27(3,23)24/h5-10,13H,4,11-12H2,1-3H3,(H,20,22). The monoisotopic (exact) mass is 430 g/mol. The molecule has 0 spiro atoms. The lowest BCUT2D eigenvalue weighted by Gasteiger charge is -2.21. The van der Waals surface area contributed by atoms with Gasteiger partial charge in [0, 0.05) is 24.7 Å². The van der Waals surface area contributed by atoms with Crippen molar-refractivity contribution in [2.75, 3.05) is 26.5 Å². The van der Waals surface area contributed by atoms with Gasteiger partial charge in [0.2, 0.25) is 0 Å². The molecule has 1 heterocycles. The van der Waals surface area contributed by atoms with Crippen molar-refractivity contribution in [1.82, 2.24) is 10.2 Å². The predicted octanol–water partition coefficient (Wildman–Crippen LogP) is 3.98. The Morgan fingerprint density at radius 3 is 2.48 bits per heavy atom. The maximum Gasteiger partial charge on any atom is 0.317 e. The molecule has 2 rings (SSSR count). The van der Waals surface area contributed by atoms with Gasteiger partial charge in [0.1, 0.15) is 5.75 Å². The quantitative estimate of drug-likeness (QED) is 0.643. The molecular formula is C18H23ClN2O4S2. The Morgan fingerprint density at radius 2 is 1.93 bits per heavy atom. The molecule has 148 valence electrons. The maximum atomic E-state index is 12.2. The molecule has 0 aliphatic carbocycles. The van der Waals surface area contributed by atoms with Gasteiger partial charge in [-0.25, -0.2) is 13.2 Å². The number of rotatable bonds is 8. The summed E-state index contributed by atoms with van der Waals surface area (Å²) in [5.41, 5.74) is 0. The lowest BCUT2D eigenvalue weighted by Crippen LogP contribution is -2.39. The number of hydrogen-bond donors (Lipinski definition) is 1. The number of hydrogen-bond acceptors (Lipinski definition) is 5. The van der Waals surface area contributed by atoms with E-state index in [2.05, 4.69) is 5.32 Å². The van der Waals surface area contributed by atoms with Gasteiger partial charge in [-0.1, -0.05) is 11.6 Å². The molecule has 1 aromatic carbocycles. The zero-order valence-electron chi connectivity index (χ0n) is 15.4. The molecule has 0 fully saturated rings. The van der Waals surface area contributed by atoms with Crippen LogP contribution in [-0.4, -0.2) is 45.8 Å². The number of nitrogens with one attached hydrogen (secondary N) is 1. The normalized spacial score (nSPS) is 12.4. The minimum absolute atomic E-state index is 0.109. The van der Waals surface area contributed by atoms with Crippen molar-refractivity contribution in [3.05, 3.63) is 45.6 Å². The number of urea groups is 1. The van der Waals surface area contributed by atoms with E-state index in [1.165, 1.54) is 23.5 Å². The first-order valence-corrected chi connectivity index (χ1v) is 11.4. The fourth-order valence-corrected chi connectivity index (χ4v) is 4.00. The van der Waals surface area contributed by atoms with Crippen LogP contribution in [0, 0.1) is 0 Å². The van der Waals surface area contributed by atoms with Gasteiger partial charge in [0.05, 0.1) is 21.9 Å². The molecule has 1 aromatic heterocycles. The second-order valence-corrected chi connectivity index (χ2v) is 9.94. The Kier molecular flexibility index (Phi) is 7.52. The third kappa shape index (κ3) is 6.71. The summed E-state index contributed by atoms with van der Waals surface area (Å²) in [5, 5.41) is 2.93. The fraction of sp³-hybridized carbons (Fsp3) is 0.389. The molecular weight excluding hydrogens is 408 g/mol. The summed E-state index contributed by atoms with van der Waals surface area (Å²) in [6.45, 7) is 2.87. The highest BCUT2D eigenvalue weighted by atomic mass is 35.5. The van der Waals surface area contributed by atoms with E-state index in [9.17, 15) is 13.2 Å². The van der Waals surface area contributed by atoms with Gasteiger partial charge in [0.15, 0.2) is 9.84 Å². The zero-order valence-corrected chi connectivity index (χ0v) is 17.8. The minimum Gasteiger partial charge on any atom is -0.494 e. The second kappa shape index (κ2) is 9.43. The van der Waals surface area contributed by atoms with Gasteiger partial charge < -0.3 is 15.0 Å². The van der Waals surface area contributed by atoms with Gasteiger partial charge in [-0.05, 0) is 49.7 Å². The fourth-order valence-electron chi connectivity index (χ4n) is 2.30. The number of carbonyl (C=O) groups excluding carboxylic acids is 1. The van der Waals surface area contributed by atoms with Crippen molar-refractivity contribution in [3.8, 4) is 5.75 Å². The van der Waals surface area contributed by atoms with Crippen LogP contribution in [0.25, 0.3) is 0 Å². The molecule has 27 heavy (non-hydrogen) atoms. The van der Waals surface area contributed by atoms with E-state index in [1.807, 2.05) is 19.1 Å². The van der Waals surface area contributed by atoms with Gasteiger partial charge in [0.25, 0.3) is 0 Å². The summed E-state index contributed by atoms with van der Waals surface area (Å²) < 4.78 is 29.1. The van der Waals surface area contributed by atoms with Crippen LogP contribution >= 0.6 is 22.9 Å². The third-order valence-electron chi connectivity index (χ3n) is 3.87. The van der Waals surface area contributed by atoms with E-state index in [-0.39, 0.29) is 17.0 Å². The lowest BCUT2D eigenvalue weighted by atomic mass is 10.3. The highest BCUT2D eigenvalue weighted by molar-refractivity contribution is 7.90. The van der Waals surface area contributed by atoms with Crippen molar-refractivity contribution in [3.63, 3.8) is 0 Å². The number of benzene rings is 1. The Labute approximate surface area is 169 Å². The maximum absolute atomic E-state index is 12.2. The molecule has 9 heteroatoms. The number of amides is 2. The van der Waals surface area contributed by atoms with E-state index in [0.29, 0.717) is 29.7 Å². The molecule has 0 saturated heterocycles. The molecule has 0 saturated carbocycles. The number of ether oxygens (including phenoxy) is 1. The van der Waals surface area contributed by atoms with E-state index >= 15 is 0 Å². The van der Waals surface area contributed by atoms with Gasteiger partial charge in [-0.15, -0.1) is 11.3 Å². The molecule has 1 atom stereocenters. The van der Waals surface area contributed by atoms with Crippen molar-refractivity contribution >= 4 is 38.8 Å². The van der Waals surface area contributed by atoms with Crippen molar-refractivity contribution in [1.29, 1.82) is 0 Å². The number of carbonyl (C=O) groups is 1. The highest BCUT2D eigenvalue weighted by Crippen LogP contribution is 2.26. The number of thiophene rings is 1. The summed E-state index contributed by atoms with van der Waals surface area (Å²) in [5.74, 6) is 0.595. The molecule has 0 aliphatic heterocycles. The summed E-state index contributed by atoms with van der Waals surface area (Å²) in [7, 11) is -1.48. The molecule has 1 N–H and O–H groups in total. The molecule has 0 aliphatic rings. The molecule has 0 radical (unpaired) electrons. The average molecular weight is 431 g/mol. The summed E-state index contributed by atoms with van der Waals surface area (Å²) in [6.07, 6.45) is 1.81. The van der Waals surface area contributed by atoms with Crippen LogP contribution in [0.15, 0.2) is 41.3 Å². The van der Waals surface area contributed by atoms with Crippen LogP contribution < -0.4 is 10.1 Å². The van der Waals surface area contributed by atoms with E-state index in [0.717, 1.165) is 11.1 Å². The molecule has 2 aromatic rings. The molecule has 2 amide bonds. The van der Waals surface area contributed by atoms with E-state index in [1.54, 1.807) is 24.1 Å². The minimum atomic E-state index is -3.21. The summed E-state index contributed by atoms with van der Waals surface area (Å²) in [4.78, 5) is 15.1. The smallest absolute Gasteiger partial charge is 0.317 e. The average Bonchev–Trinajstić information content (AvgIpc) is 3.04. The first-order valence-electron chi connectivity index (χ1n) is 8.36. The zero-order chi connectivity index (χ0) is 20.0.